The SMILES string of the molecule is CCN(CC)c1ccc(C(c2ccc(F)cc2)c2ccc(N(CC)CC)cc2C)c(C)c1. The number of rotatable bonds is 9. The zero-order valence-electron chi connectivity index (χ0n) is 20.5. The topological polar surface area (TPSA) is 6.48 Å². The van der Waals surface area contributed by atoms with Gasteiger partial charge in [-0.25, -0.2) is 4.39 Å². The van der Waals surface area contributed by atoms with Gasteiger partial charge in [0.25, 0.3) is 0 Å². The molecule has 0 atom stereocenters. The Labute approximate surface area is 193 Å². The number of hydrogen-bond donors (Lipinski definition) is 0. The normalized spacial score (nSPS) is 11.1. The molecular formula is C29H37FN2. The number of halogens is 1. The Morgan fingerprint density at radius 2 is 1.03 bits per heavy atom. The third-order valence-electron chi connectivity index (χ3n) is 6.59. The van der Waals surface area contributed by atoms with Crippen LogP contribution in [0, 0.1) is 19.7 Å². The van der Waals surface area contributed by atoms with Crippen LogP contribution < -0.4 is 9.80 Å². The summed E-state index contributed by atoms with van der Waals surface area (Å²) in [6.45, 7) is 17.1. The van der Waals surface area contributed by atoms with E-state index in [0.29, 0.717) is 0 Å². The lowest BCUT2D eigenvalue weighted by atomic mass is 9.81. The highest BCUT2D eigenvalue weighted by Crippen LogP contribution is 2.38. The molecule has 0 fully saturated rings. The van der Waals surface area contributed by atoms with E-state index in [2.05, 4.69) is 87.7 Å². The van der Waals surface area contributed by atoms with Gasteiger partial charge in [-0.15, -0.1) is 0 Å². The van der Waals surface area contributed by atoms with Crippen LogP contribution in [0.15, 0.2) is 60.7 Å². The van der Waals surface area contributed by atoms with Crippen molar-refractivity contribution in [1.82, 2.24) is 0 Å². The van der Waals surface area contributed by atoms with Gasteiger partial charge in [0.1, 0.15) is 5.82 Å². The standard InChI is InChI=1S/C29H37FN2/c1-7-31(8-2)25-15-17-27(21(5)19-25)29(23-11-13-24(30)14-12-23)28-18-16-26(20-22(28)6)32(9-3)10-4/h11-20,29H,7-10H2,1-6H3. The molecule has 0 saturated heterocycles. The van der Waals surface area contributed by atoms with E-state index in [1.54, 1.807) is 12.1 Å². The summed E-state index contributed by atoms with van der Waals surface area (Å²) in [5, 5.41) is 0. The quantitative estimate of drug-likeness (QED) is 0.327. The Kier molecular flexibility index (Phi) is 7.95. The van der Waals surface area contributed by atoms with Crippen molar-refractivity contribution < 1.29 is 4.39 Å². The van der Waals surface area contributed by atoms with Crippen LogP contribution in [-0.4, -0.2) is 26.2 Å². The zero-order valence-corrected chi connectivity index (χ0v) is 20.5. The van der Waals surface area contributed by atoms with Gasteiger partial charge in [-0.05, 0) is 106 Å². The number of aryl methyl sites for hydroxylation is 2. The molecule has 3 heteroatoms. The average Bonchev–Trinajstić information content (AvgIpc) is 2.79. The Hall–Kier alpha value is -2.81. The van der Waals surface area contributed by atoms with Gasteiger partial charge in [0.2, 0.25) is 0 Å². The molecule has 2 nitrogen and oxygen atoms in total. The Morgan fingerprint density at radius 3 is 1.38 bits per heavy atom. The molecule has 0 bridgehead atoms. The van der Waals surface area contributed by atoms with Crippen LogP contribution in [0.5, 0.6) is 0 Å². The monoisotopic (exact) mass is 432 g/mol. The molecule has 0 saturated carbocycles. The molecule has 0 radical (unpaired) electrons. The van der Waals surface area contributed by atoms with Crippen LogP contribution in [0.25, 0.3) is 0 Å². The van der Waals surface area contributed by atoms with Crippen molar-refractivity contribution in [1.29, 1.82) is 0 Å². The molecule has 170 valence electrons. The number of hydrogen-bond acceptors (Lipinski definition) is 2. The van der Waals surface area contributed by atoms with Crippen LogP contribution in [0.4, 0.5) is 15.8 Å². The Bertz CT molecular complexity index is 956. The fourth-order valence-corrected chi connectivity index (χ4v) is 4.72. The second-order valence-electron chi connectivity index (χ2n) is 8.41. The maximum absolute atomic E-state index is 13.7. The smallest absolute Gasteiger partial charge is 0.123 e. The molecule has 0 aromatic heterocycles. The first kappa shape index (κ1) is 23.8. The summed E-state index contributed by atoms with van der Waals surface area (Å²) in [7, 11) is 0. The van der Waals surface area contributed by atoms with Gasteiger partial charge >= 0.3 is 0 Å². The van der Waals surface area contributed by atoms with E-state index in [9.17, 15) is 4.39 Å². The first-order valence-electron chi connectivity index (χ1n) is 11.9. The molecule has 0 aliphatic heterocycles. The van der Waals surface area contributed by atoms with Crippen molar-refractivity contribution in [3.05, 3.63) is 94.3 Å². The Morgan fingerprint density at radius 1 is 0.625 bits per heavy atom. The Balaban J connectivity index is 2.13. The van der Waals surface area contributed by atoms with E-state index in [0.717, 1.165) is 31.7 Å². The van der Waals surface area contributed by atoms with Gasteiger partial charge in [0.15, 0.2) is 0 Å². The average molecular weight is 433 g/mol. The van der Waals surface area contributed by atoms with Gasteiger partial charge in [0.05, 0.1) is 0 Å². The molecule has 0 aliphatic carbocycles. The summed E-state index contributed by atoms with van der Waals surface area (Å²) in [5.41, 5.74) is 8.68. The molecule has 3 rings (SSSR count). The highest BCUT2D eigenvalue weighted by Gasteiger charge is 2.22. The van der Waals surface area contributed by atoms with Crippen molar-refractivity contribution in [3.8, 4) is 0 Å². The van der Waals surface area contributed by atoms with E-state index in [1.165, 1.54) is 33.6 Å². The summed E-state index contributed by atoms with van der Waals surface area (Å²) in [5.74, 6) is -0.137. The highest BCUT2D eigenvalue weighted by molar-refractivity contribution is 5.58. The molecular weight excluding hydrogens is 395 g/mol. The van der Waals surface area contributed by atoms with Gasteiger partial charge in [-0.2, -0.15) is 0 Å². The van der Waals surface area contributed by atoms with E-state index >= 15 is 0 Å². The lowest BCUT2D eigenvalue weighted by Crippen LogP contribution is -2.22. The molecule has 0 aliphatic rings. The minimum atomic E-state index is -0.199. The largest absolute Gasteiger partial charge is 0.372 e. The molecule has 0 amide bonds. The number of anilines is 2. The van der Waals surface area contributed by atoms with Crippen molar-refractivity contribution in [3.63, 3.8) is 0 Å². The first-order valence-corrected chi connectivity index (χ1v) is 11.9. The molecule has 0 heterocycles. The van der Waals surface area contributed by atoms with E-state index in [4.69, 9.17) is 0 Å². The van der Waals surface area contributed by atoms with Crippen LogP contribution in [-0.2, 0) is 0 Å². The van der Waals surface area contributed by atoms with Crippen molar-refractivity contribution in [2.75, 3.05) is 36.0 Å². The van der Waals surface area contributed by atoms with Crippen molar-refractivity contribution in [2.45, 2.75) is 47.5 Å². The fourth-order valence-electron chi connectivity index (χ4n) is 4.72. The van der Waals surface area contributed by atoms with Crippen LogP contribution >= 0.6 is 0 Å². The third-order valence-corrected chi connectivity index (χ3v) is 6.59. The van der Waals surface area contributed by atoms with Gasteiger partial charge in [-0.3, -0.25) is 0 Å². The second-order valence-corrected chi connectivity index (χ2v) is 8.41. The summed E-state index contributed by atoms with van der Waals surface area (Å²) in [6, 6.07) is 20.5. The maximum Gasteiger partial charge on any atom is 0.123 e. The predicted octanol–water partition coefficient (Wildman–Crippen LogP) is 7.32. The summed E-state index contributed by atoms with van der Waals surface area (Å²) < 4.78 is 13.7. The summed E-state index contributed by atoms with van der Waals surface area (Å²) in [6.07, 6.45) is 0. The molecule has 0 unspecified atom stereocenters. The van der Waals surface area contributed by atoms with Crippen molar-refractivity contribution >= 4 is 11.4 Å². The fraction of sp³-hybridized carbons (Fsp3) is 0.379. The molecule has 0 N–H and O–H groups in total. The van der Waals surface area contributed by atoms with Gasteiger partial charge < -0.3 is 9.80 Å². The van der Waals surface area contributed by atoms with Crippen LogP contribution in [0.2, 0.25) is 0 Å². The predicted molar refractivity (Wildman–Crippen MR) is 137 cm³/mol. The third kappa shape index (κ3) is 4.98. The minimum Gasteiger partial charge on any atom is -0.372 e. The van der Waals surface area contributed by atoms with E-state index in [1.807, 2.05) is 12.1 Å². The maximum atomic E-state index is 13.7. The summed E-state index contributed by atoms with van der Waals surface area (Å²) in [4.78, 5) is 4.74. The zero-order chi connectivity index (χ0) is 23.3. The van der Waals surface area contributed by atoms with Gasteiger partial charge in [-0.1, -0.05) is 24.3 Å². The first-order chi connectivity index (χ1) is 15.4. The van der Waals surface area contributed by atoms with Crippen LogP contribution in [0.1, 0.15) is 61.4 Å². The van der Waals surface area contributed by atoms with Gasteiger partial charge in [0, 0.05) is 43.5 Å². The van der Waals surface area contributed by atoms with E-state index in [-0.39, 0.29) is 11.7 Å². The molecule has 32 heavy (non-hydrogen) atoms. The summed E-state index contributed by atoms with van der Waals surface area (Å²) >= 11 is 0. The molecule has 0 spiro atoms. The number of benzene rings is 3. The second kappa shape index (κ2) is 10.7. The minimum absolute atomic E-state index is 0.0621. The van der Waals surface area contributed by atoms with E-state index < -0.39 is 0 Å². The highest BCUT2D eigenvalue weighted by atomic mass is 19.1. The lowest BCUT2D eigenvalue weighted by molar-refractivity contribution is 0.626. The van der Waals surface area contributed by atoms with Crippen molar-refractivity contribution in [2.24, 2.45) is 0 Å². The number of nitrogens with zero attached hydrogens (tertiary/aromatic N) is 2. The molecule has 3 aromatic carbocycles. The lowest BCUT2D eigenvalue weighted by Gasteiger charge is -2.27. The molecule has 3 aromatic rings. The van der Waals surface area contributed by atoms with Crippen LogP contribution in [0.3, 0.4) is 0 Å².